The van der Waals surface area contributed by atoms with Crippen LogP contribution >= 0.6 is 0 Å². The normalized spacial score (nSPS) is 14.3. The van der Waals surface area contributed by atoms with Gasteiger partial charge in [0, 0.05) is 32.8 Å². The van der Waals surface area contributed by atoms with Crippen molar-refractivity contribution in [2.24, 2.45) is 7.05 Å². The van der Waals surface area contributed by atoms with E-state index in [-0.39, 0.29) is 5.91 Å². The molecule has 1 amide bonds. The second kappa shape index (κ2) is 6.99. The predicted octanol–water partition coefficient (Wildman–Crippen LogP) is 1.23. The highest BCUT2D eigenvalue weighted by atomic mass is 16.4. The number of carbonyl (C=O) groups is 1. The van der Waals surface area contributed by atoms with Crippen molar-refractivity contribution < 1.29 is 9.21 Å². The number of rotatable bonds is 5. The third-order valence-corrected chi connectivity index (χ3v) is 4.86. The van der Waals surface area contributed by atoms with Gasteiger partial charge in [0.2, 0.25) is 11.8 Å². The Morgan fingerprint density at radius 1 is 1.30 bits per heavy atom. The number of amides is 1. The van der Waals surface area contributed by atoms with Crippen LogP contribution in [0.2, 0.25) is 0 Å². The molecule has 142 valence electrons. The number of hydrogen-bond acceptors (Lipinski definition) is 6. The summed E-state index contributed by atoms with van der Waals surface area (Å²) in [4.78, 5) is 13.3. The summed E-state index contributed by atoms with van der Waals surface area (Å²) in [5.41, 5.74) is 4.07. The first-order valence-corrected chi connectivity index (χ1v) is 8.97. The van der Waals surface area contributed by atoms with E-state index >= 15 is 0 Å². The van der Waals surface area contributed by atoms with Crippen LogP contribution in [-0.4, -0.2) is 41.9 Å². The molecule has 0 bridgehead atoms. The first-order valence-electron chi connectivity index (χ1n) is 8.97. The zero-order valence-corrected chi connectivity index (χ0v) is 15.8. The molecular weight excluding hydrogens is 346 g/mol. The lowest BCUT2D eigenvalue weighted by molar-refractivity contribution is -0.119. The first-order chi connectivity index (χ1) is 13.0. The highest BCUT2D eigenvalue weighted by molar-refractivity contribution is 5.72. The van der Waals surface area contributed by atoms with Crippen molar-refractivity contribution in [2.75, 3.05) is 6.54 Å². The lowest BCUT2D eigenvalue weighted by atomic mass is 10.3. The summed E-state index contributed by atoms with van der Waals surface area (Å²) in [6.07, 6.45) is 0. The van der Waals surface area contributed by atoms with Gasteiger partial charge in [-0.3, -0.25) is 14.4 Å². The van der Waals surface area contributed by atoms with Crippen molar-refractivity contribution in [3.05, 3.63) is 41.2 Å². The molecule has 9 heteroatoms. The lowest BCUT2D eigenvalue weighted by Gasteiger charge is -2.25. The second-order valence-corrected chi connectivity index (χ2v) is 6.89. The molecule has 0 aliphatic carbocycles. The number of aryl methyl sites for hydroxylation is 1. The third-order valence-electron chi connectivity index (χ3n) is 4.86. The Balaban J connectivity index is 1.41. The Morgan fingerprint density at radius 3 is 2.89 bits per heavy atom. The van der Waals surface area contributed by atoms with Crippen LogP contribution in [0.25, 0.3) is 11.6 Å². The summed E-state index contributed by atoms with van der Waals surface area (Å²) < 4.78 is 9.90. The van der Waals surface area contributed by atoms with Gasteiger partial charge in [-0.25, -0.2) is 0 Å². The SMILES string of the molecule is CC(=O)NCc1cc2n(n1)CCN(Cc1nnc(-c3ccc(C)n3C)o1)C2. The average Bonchev–Trinajstić information content (AvgIpc) is 3.33. The Bertz CT molecular complexity index is 968. The molecule has 9 nitrogen and oxygen atoms in total. The zero-order chi connectivity index (χ0) is 19.0. The van der Waals surface area contributed by atoms with Crippen molar-refractivity contribution in [3.63, 3.8) is 0 Å². The van der Waals surface area contributed by atoms with Crippen LogP contribution < -0.4 is 5.32 Å². The Kier molecular flexibility index (Phi) is 4.53. The standard InChI is InChI=1S/C18H23N7O2/c1-12-4-5-16(23(12)3)18-21-20-17(27-18)11-24-6-7-25-15(10-24)8-14(22-25)9-19-13(2)26/h4-5,8H,6-7,9-11H2,1-3H3,(H,19,26). The molecule has 4 heterocycles. The topological polar surface area (TPSA) is 94.0 Å². The number of aromatic nitrogens is 5. The smallest absolute Gasteiger partial charge is 0.264 e. The highest BCUT2D eigenvalue weighted by Crippen LogP contribution is 2.21. The summed E-state index contributed by atoms with van der Waals surface area (Å²) in [5.74, 6) is 1.10. The molecule has 0 atom stereocenters. The summed E-state index contributed by atoms with van der Waals surface area (Å²) in [7, 11) is 1.99. The van der Waals surface area contributed by atoms with E-state index < -0.39 is 0 Å². The van der Waals surface area contributed by atoms with E-state index in [0.717, 1.165) is 42.4 Å². The van der Waals surface area contributed by atoms with E-state index in [1.807, 2.05) is 41.4 Å². The van der Waals surface area contributed by atoms with E-state index in [1.54, 1.807) is 0 Å². The first kappa shape index (κ1) is 17.5. The quantitative estimate of drug-likeness (QED) is 0.727. The summed E-state index contributed by atoms with van der Waals surface area (Å²) in [6.45, 7) is 7.02. The molecule has 1 aliphatic heterocycles. The largest absolute Gasteiger partial charge is 0.418 e. The molecule has 27 heavy (non-hydrogen) atoms. The predicted molar refractivity (Wildman–Crippen MR) is 97.3 cm³/mol. The number of carbonyl (C=O) groups excluding carboxylic acids is 1. The minimum Gasteiger partial charge on any atom is -0.418 e. The number of hydrogen-bond donors (Lipinski definition) is 1. The summed E-state index contributed by atoms with van der Waals surface area (Å²) >= 11 is 0. The van der Waals surface area contributed by atoms with E-state index in [0.29, 0.717) is 24.9 Å². The molecule has 3 aromatic rings. The fourth-order valence-electron chi connectivity index (χ4n) is 3.26. The van der Waals surface area contributed by atoms with Crippen molar-refractivity contribution >= 4 is 5.91 Å². The van der Waals surface area contributed by atoms with E-state index in [9.17, 15) is 4.79 Å². The fourth-order valence-corrected chi connectivity index (χ4v) is 3.26. The number of nitrogens with zero attached hydrogens (tertiary/aromatic N) is 6. The van der Waals surface area contributed by atoms with E-state index in [4.69, 9.17) is 4.42 Å². The van der Waals surface area contributed by atoms with Crippen LogP contribution in [-0.2, 0) is 38.0 Å². The summed E-state index contributed by atoms with van der Waals surface area (Å²) in [6, 6.07) is 6.06. The number of nitrogens with one attached hydrogen (secondary N) is 1. The molecule has 0 saturated heterocycles. The van der Waals surface area contributed by atoms with Gasteiger partial charge < -0.3 is 14.3 Å². The number of fused-ring (bicyclic) bond motifs is 1. The Hall–Kier alpha value is -2.94. The minimum absolute atomic E-state index is 0.0526. The highest BCUT2D eigenvalue weighted by Gasteiger charge is 2.21. The van der Waals surface area contributed by atoms with Gasteiger partial charge in [-0.15, -0.1) is 10.2 Å². The Morgan fingerprint density at radius 2 is 2.15 bits per heavy atom. The van der Waals surface area contributed by atoms with Crippen LogP contribution in [0.1, 0.15) is 29.9 Å². The van der Waals surface area contributed by atoms with Gasteiger partial charge in [0.25, 0.3) is 5.89 Å². The minimum atomic E-state index is -0.0526. The van der Waals surface area contributed by atoms with Crippen molar-refractivity contribution in [1.82, 2.24) is 34.8 Å². The monoisotopic (exact) mass is 369 g/mol. The maximum absolute atomic E-state index is 11.1. The van der Waals surface area contributed by atoms with Crippen LogP contribution in [0.15, 0.2) is 22.6 Å². The van der Waals surface area contributed by atoms with Gasteiger partial charge in [-0.1, -0.05) is 0 Å². The Labute approximate surface area is 157 Å². The fraction of sp³-hybridized carbons (Fsp3) is 0.444. The van der Waals surface area contributed by atoms with Crippen LogP contribution in [0.4, 0.5) is 0 Å². The maximum Gasteiger partial charge on any atom is 0.264 e. The molecular formula is C18H23N7O2. The molecule has 0 spiro atoms. The molecule has 1 aliphatic rings. The zero-order valence-electron chi connectivity index (χ0n) is 15.8. The molecule has 0 fully saturated rings. The van der Waals surface area contributed by atoms with Crippen molar-refractivity contribution in [2.45, 2.75) is 40.0 Å². The molecule has 0 unspecified atom stereocenters. The third kappa shape index (κ3) is 3.63. The second-order valence-electron chi connectivity index (χ2n) is 6.89. The molecule has 0 radical (unpaired) electrons. The van der Waals surface area contributed by atoms with Gasteiger partial charge in [0.1, 0.15) is 5.69 Å². The van der Waals surface area contributed by atoms with Crippen molar-refractivity contribution in [1.29, 1.82) is 0 Å². The molecule has 4 rings (SSSR count). The molecule has 0 saturated carbocycles. The van der Waals surface area contributed by atoms with Crippen LogP contribution in [0.5, 0.6) is 0 Å². The van der Waals surface area contributed by atoms with Gasteiger partial charge in [-0.2, -0.15) is 5.10 Å². The average molecular weight is 369 g/mol. The van der Waals surface area contributed by atoms with Crippen LogP contribution in [0, 0.1) is 6.92 Å². The van der Waals surface area contributed by atoms with E-state index in [2.05, 4.69) is 25.5 Å². The maximum atomic E-state index is 11.1. The molecule has 1 N–H and O–H groups in total. The lowest BCUT2D eigenvalue weighted by Crippen LogP contribution is -2.33. The van der Waals surface area contributed by atoms with Crippen LogP contribution in [0.3, 0.4) is 0 Å². The van der Waals surface area contributed by atoms with Crippen molar-refractivity contribution in [3.8, 4) is 11.6 Å². The van der Waals surface area contributed by atoms with Gasteiger partial charge in [-0.05, 0) is 25.1 Å². The molecule has 0 aromatic carbocycles. The van der Waals surface area contributed by atoms with Gasteiger partial charge in [0.05, 0.1) is 31.0 Å². The van der Waals surface area contributed by atoms with Gasteiger partial charge >= 0.3 is 0 Å². The van der Waals surface area contributed by atoms with Gasteiger partial charge in [0.15, 0.2) is 0 Å². The summed E-state index contributed by atoms with van der Waals surface area (Å²) in [5, 5.41) is 15.7. The van der Waals surface area contributed by atoms with E-state index in [1.165, 1.54) is 6.92 Å². The molecule has 3 aromatic heterocycles.